The van der Waals surface area contributed by atoms with Crippen molar-refractivity contribution in [3.05, 3.63) is 61.7 Å². The van der Waals surface area contributed by atoms with Crippen molar-refractivity contribution in [1.29, 1.82) is 0 Å². The van der Waals surface area contributed by atoms with E-state index in [0.29, 0.717) is 12.1 Å². The summed E-state index contributed by atoms with van der Waals surface area (Å²) in [6, 6.07) is 9.18. The number of hydrogen-bond acceptors (Lipinski definition) is 2. The Balaban J connectivity index is 1.61. The summed E-state index contributed by atoms with van der Waals surface area (Å²) in [6.07, 6.45) is 13.9. The van der Waals surface area contributed by atoms with Crippen molar-refractivity contribution in [2.45, 2.75) is 25.0 Å². The van der Waals surface area contributed by atoms with E-state index in [1.54, 1.807) is 0 Å². The molecule has 0 radical (unpaired) electrons. The molecule has 6 heteroatoms. The lowest BCUT2D eigenvalue weighted by Crippen LogP contribution is -2.33. The van der Waals surface area contributed by atoms with Crippen LogP contribution in [0.15, 0.2) is 61.7 Å². The molecule has 25 heavy (non-hydrogen) atoms. The van der Waals surface area contributed by atoms with Gasteiger partial charge in [-0.15, -0.1) is 0 Å². The standard InChI is InChI=1S/C19H26N6/c1-21-7-9-23(14-21)12-19-11-18(24-10-8-22(2)15-24)13-25(19)17-5-3-16(20)4-6-17/h3-10,14-15,18-19H,11-13,20H2,1-2H3/q+2/t18-,19-/m0/s1. The summed E-state index contributed by atoms with van der Waals surface area (Å²) in [7, 11) is 4.13. The van der Waals surface area contributed by atoms with Crippen molar-refractivity contribution < 1.29 is 9.13 Å². The predicted octanol–water partition coefficient (Wildman–Crippen LogP) is 1.04. The van der Waals surface area contributed by atoms with Gasteiger partial charge in [-0.05, 0) is 24.3 Å². The Morgan fingerprint density at radius 3 is 2.40 bits per heavy atom. The van der Waals surface area contributed by atoms with Crippen molar-refractivity contribution in [1.82, 2.24) is 9.13 Å². The second kappa shape index (κ2) is 6.27. The van der Waals surface area contributed by atoms with Gasteiger partial charge < -0.3 is 10.6 Å². The number of imidazole rings is 2. The average molecular weight is 338 g/mol. The normalized spacial score (nSPS) is 20.3. The van der Waals surface area contributed by atoms with Crippen LogP contribution in [-0.2, 0) is 20.6 Å². The second-order valence-corrected chi connectivity index (χ2v) is 7.09. The van der Waals surface area contributed by atoms with E-state index in [-0.39, 0.29) is 0 Å². The monoisotopic (exact) mass is 338 g/mol. The zero-order valence-electron chi connectivity index (χ0n) is 14.9. The number of benzene rings is 1. The summed E-state index contributed by atoms with van der Waals surface area (Å²) in [6.45, 7) is 1.99. The molecule has 2 atom stereocenters. The zero-order valence-corrected chi connectivity index (χ0v) is 14.9. The van der Waals surface area contributed by atoms with E-state index < -0.39 is 0 Å². The Morgan fingerprint density at radius 2 is 1.76 bits per heavy atom. The number of nitrogens with two attached hydrogens (primary N) is 1. The number of aryl methyl sites for hydroxylation is 2. The highest BCUT2D eigenvalue weighted by atomic mass is 15.3. The predicted molar refractivity (Wildman–Crippen MR) is 96.9 cm³/mol. The second-order valence-electron chi connectivity index (χ2n) is 7.09. The highest BCUT2D eigenvalue weighted by molar-refractivity contribution is 5.54. The van der Waals surface area contributed by atoms with Crippen LogP contribution in [-0.4, -0.2) is 21.7 Å². The first-order valence-corrected chi connectivity index (χ1v) is 8.74. The van der Waals surface area contributed by atoms with Gasteiger partial charge in [0, 0.05) is 17.8 Å². The van der Waals surface area contributed by atoms with Crippen LogP contribution < -0.4 is 19.8 Å². The summed E-state index contributed by atoms with van der Waals surface area (Å²) in [5.41, 5.74) is 7.93. The molecule has 1 fully saturated rings. The average Bonchev–Trinajstić information content (AvgIpc) is 3.29. The zero-order chi connectivity index (χ0) is 17.4. The first kappa shape index (κ1) is 15.7. The van der Waals surface area contributed by atoms with Crippen LogP contribution in [0.5, 0.6) is 0 Å². The third-order valence-electron chi connectivity index (χ3n) is 5.07. The van der Waals surface area contributed by atoms with Crippen molar-refractivity contribution in [2.24, 2.45) is 14.1 Å². The van der Waals surface area contributed by atoms with Gasteiger partial charge in [0.15, 0.2) is 0 Å². The SMILES string of the molecule is C[n+]1ccn(C[C@@H]2C[C@H](n3cc[n+](C)c3)CN2c2ccc(N)cc2)c1. The first-order valence-electron chi connectivity index (χ1n) is 8.74. The van der Waals surface area contributed by atoms with Crippen LogP contribution in [0.3, 0.4) is 0 Å². The Labute approximate surface area is 148 Å². The fourth-order valence-electron chi connectivity index (χ4n) is 3.80. The third kappa shape index (κ3) is 3.24. The molecule has 1 aliphatic heterocycles. The number of aromatic nitrogens is 4. The molecule has 3 heterocycles. The third-order valence-corrected chi connectivity index (χ3v) is 5.07. The summed E-state index contributed by atoms with van der Waals surface area (Å²) >= 11 is 0. The van der Waals surface area contributed by atoms with Crippen molar-refractivity contribution in [3.63, 3.8) is 0 Å². The lowest BCUT2D eigenvalue weighted by molar-refractivity contribution is -0.671. The van der Waals surface area contributed by atoms with Gasteiger partial charge in [0.25, 0.3) is 0 Å². The van der Waals surface area contributed by atoms with Crippen LogP contribution >= 0.6 is 0 Å². The molecular formula is C19H26N6+2. The Bertz CT molecular complexity index is 847. The van der Waals surface area contributed by atoms with E-state index in [1.807, 2.05) is 12.1 Å². The van der Waals surface area contributed by atoms with E-state index in [0.717, 1.165) is 25.2 Å². The maximum Gasteiger partial charge on any atom is 0.243 e. The van der Waals surface area contributed by atoms with Gasteiger partial charge in [-0.3, -0.25) is 0 Å². The largest absolute Gasteiger partial charge is 0.399 e. The molecule has 0 aliphatic carbocycles. The maximum atomic E-state index is 5.88. The first-order chi connectivity index (χ1) is 12.1. The number of hydrogen-bond donors (Lipinski definition) is 1. The molecule has 1 aromatic carbocycles. The van der Waals surface area contributed by atoms with Crippen LogP contribution in [0, 0.1) is 0 Å². The summed E-state index contributed by atoms with van der Waals surface area (Å²) in [4.78, 5) is 2.52. The summed E-state index contributed by atoms with van der Waals surface area (Å²) < 4.78 is 8.80. The van der Waals surface area contributed by atoms with E-state index in [1.165, 1.54) is 5.69 Å². The van der Waals surface area contributed by atoms with Gasteiger partial charge in [0.2, 0.25) is 12.7 Å². The van der Waals surface area contributed by atoms with Crippen molar-refractivity contribution in [2.75, 3.05) is 17.2 Å². The van der Waals surface area contributed by atoms with Crippen molar-refractivity contribution in [3.8, 4) is 0 Å². The van der Waals surface area contributed by atoms with Gasteiger partial charge in [0.1, 0.15) is 37.4 Å². The van der Waals surface area contributed by atoms with Gasteiger partial charge in [-0.2, -0.15) is 0 Å². The van der Waals surface area contributed by atoms with Crippen LogP contribution in [0.25, 0.3) is 0 Å². The van der Waals surface area contributed by atoms with Crippen LogP contribution in [0.4, 0.5) is 11.4 Å². The lowest BCUT2D eigenvalue weighted by Gasteiger charge is -2.25. The molecule has 0 bridgehead atoms. The minimum atomic E-state index is 0.453. The number of nitrogens with zero attached hydrogens (tertiary/aromatic N) is 5. The molecule has 0 spiro atoms. The Hall–Kier alpha value is -2.76. The minimum Gasteiger partial charge on any atom is -0.399 e. The maximum absolute atomic E-state index is 5.88. The van der Waals surface area contributed by atoms with Gasteiger partial charge in [-0.1, -0.05) is 0 Å². The van der Waals surface area contributed by atoms with Gasteiger partial charge in [-0.25, -0.2) is 18.3 Å². The molecule has 6 nitrogen and oxygen atoms in total. The summed E-state index contributed by atoms with van der Waals surface area (Å²) in [5, 5.41) is 0. The Kier molecular flexibility index (Phi) is 3.95. The topological polar surface area (TPSA) is 46.9 Å². The lowest BCUT2D eigenvalue weighted by atomic mass is 10.1. The molecule has 4 rings (SSSR count). The minimum absolute atomic E-state index is 0.453. The molecule has 2 N–H and O–H groups in total. The molecule has 0 saturated carbocycles. The molecule has 1 saturated heterocycles. The van der Waals surface area contributed by atoms with Gasteiger partial charge >= 0.3 is 0 Å². The number of nitrogen functional groups attached to an aromatic ring is 1. The molecule has 3 aromatic rings. The van der Waals surface area contributed by atoms with E-state index in [4.69, 9.17) is 5.73 Å². The highest BCUT2D eigenvalue weighted by Gasteiger charge is 2.37. The molecule has 1 aliphatic rings. The van der Waals surface area contributed by atoms with E-state index >= 15 is 0 Å². The Morgan fingerprint density at radius 1 is 1.04 bits per heavy atom. The van der Waals surface area contributed by atoms with Gasteiger partial charge in [0.05, 0.1) is 26.7 Å². The van der Waals surface area contributed by atoms with E-state index in [9.17, 15) is 0 Å². The molecular weight excluding hydrogens is 312 g/mol. The van der Waals surface area contributed by atoms with Crippen LogP contribution in [0.2, 0.25) is 0 Å². The smallest absolute Gasteiger partial charge is 0.243 e. The van der Waals surface area contributed by atoms with Crippen molar-refractivity contribution >= 4 is 11.4 Å². The van der Waals surface area contributed by atoms with Crippen LogP contribution in [0.1, 0.15) is 12.5 Å². The number of anilines is 2. The molecule has 2 aromatic heterocycles. The van der Waals surface area contributed by atoms with E-state index in [2.05, 4.69) is 86.8 Å². The summed E-state index contributed by atoms with van der Waals surface area (Å²) in [5.74, 6) is 0. The fraction of sp³-hybridized carbons (Fsp3) is 0.368. The molecule has 130 valence electrons. The number of rotatable bonds is 4. The molecule has 0 amide bonds. The quantitative estimate of drug-likeness (QED) is 0.571. The molecule has 0 unspecified atom stereocenters. The fourth-order valence-corrected chi connectivity index (χ4v) is 3.80. The highest BCUT2D eigenvalue weighted by Crippen LogP contribution is 2.33.